The van der Waals surface area contributed by atoms with Gasteiger partial charge in [0.05, 0.1) is 18.1 Å². The second-order valence-corrected chi connectivity index (χ2v) is 21.3. The maximum atomic E-state index is 14.1. The van der Waals surface area contributed by atoms with Crippen LogP contribution >= 0.6 is 24.8 Å². The number of rotatable bonds is 21. The molecule has 0 bridgehead atoms. The number of nitrogens with one attached hydrogen (secondary N) is 8. The van der Waals surface area contributed by atoms with Gasteiger partial charge in [-0.1, -0.05) is 102 Å². The van der Waals surface area contributed by atoms with Crippen molar-refractivity contribution in [1.82, 2.24) is 52.3 Å². The number of hydrogen-bond donors (Lipinski definition) is 9. The third-order valence-electron chi connectivity index (χ3n) is 13.7. The Morgan fingerprint density at radius 3 is 1.51 bits per heavy atom. The molecule has 7 amide bonds. The summed E-state index contributed by atoms with van der Waals surface area (Å²) in [5, 5.41) is 24.3. The number of halogens is 2. The van der Waals surface area contributed by atoms with Gasteiger partial charge in [-0.15, -0.1) is 24.8 Å². The third kappa shape index (κ3) is 16.9. The molecule has 0 aromatic heterocycles. The standard InChI is InChI=1S/C54H79N11O7.2ClH/c1-33(56-9)46(66)62-44(53(3,4)5)51(71)64-25-17-23-40(64)30-58-41(35-19-13-11-14-20-35)31-59-48(68)37-27-38(29-39(55)28-37)49(69)60-32-42(36-21-15-12-16-22-36)61-50(70)43-24-18-26-65(43)52(72)45(54(6,7)8)63-47(67)34(2)57-10;;/h11-16,19-22,27-29,33-34,40-45,56-58H,17-18,23-26,30-32,55H2,1-10H3,(H,59,68)(H,60,69)(H,61,70)(H,62,66)(H,63,67);2*1H/t33-,34-,40?,41+,42+,43?,44+,45+;;/m0../s1. The average molecular weight is 1070 g/mol. The highest BCUT2D eigenvalue weighted by molar-refractivity contribution is 6.01. The summed E-state index contributed by atoms with van der Waals surface area (Å²) in [5.41, 5.74) is 7.29. The summed E-state index contributed by atoms with van der Waals surface area (Å²) in [4.78, 5) is 99.4. The van der Waals surface area contributed by atoms with Crippen molar-refractivity contribution in [2.45, 2.75) is 129 Å². The average Bonchev–Trinajstić information content (AvgIpc) is 4.05. The normalized spacial score (nSPS) is 18.0. The Labute approximate surface area is 449 Å². The molecular formula is C54H81Cl2N11O7. The van der Waals surface area contributed by atoms with E-state index in [4.69, 9.17) is 5.73 Å². The number of likely N-dealkylation sites (tertiary alicyclic amines) is 2. The molecule has 5 rings (SSSR count). The molecule has 18 nitrogen and oxygen atoms in total. The Morgan fingerprint density at radius 1 is 0.608 bits per heavy atom. The highest BCUT2D eigenvalue weighted by Gasteiger charge is 2.43. The largest absolute Gasteiger partial charge is 0.399 e. The van der Waals surface area contributed by atoms with E-state index in [1.807, 2.05) is 107 Å². The van der Waals surface area contributed by atoms with Crippen molar-refractivity contribution in [3.63, 3.8) is 0 Å². The van der Waals surface area contributed by atoms with E-state index in [1.165, 1.54) is 18.2 Å². The van der Waals surface area contributed by atoms with Crippen LogP contribution in [0.1, 0.15) is 125 Å². The van der Waals surface area contributed by atoms with E-state index in [2.05, 4.69) is 42.5 Å². The van der Waals surface area contributed by atoms with Crippen LogP contribution in [0, 0.1) is 10.8 Å². The first-order valence-corrected chi connectivity index (χ1v) is 25.2. The number of hydrogen-bond acceptors (Lipinski definition) is 11. The highest BCUT2D eigenvalue weighted by Crippen LogP contribution is 2.28. The zero-order valence-electron chi connectivity index (χ0n) is 44.6. The number of anilines is 1. The summed E-state index contributed by atoms with van der Waals surface area (Å²) < 4.78 is 0. The molecule has 0 spiro atoms. The molecule has 20 heteroatoms. The molecule has 2 fully saturated rings. The van der Waals surface area contributed by atoms with Crippen LogP contribution in [-0.2, 0) is 24.0 Å². The van der Waals surface area contributed by atoms with Gasteiger partial charge in [0.15, 0.2) is 0 Å². The number of amides is 7. The molecule has 2 heterocycles. The summed E-state index contributed by atoms with van der Waals surface area (Å²) in [6.07, 6.45) is 2.61. The van der Waals surface area contributed by atoms with Gasteiger partial charge in [0.2, 0.25) is 29.5 Å². The Kier molecular flexibility index (Phi) is 23.8. The first-order valence-electron chi connectivity index (χ1n) is 25.2. The van der Waals surface area contributed by atoms with Crippen LogP contribution in [0.4, 0.5) is 5.69 Å². The van der Waals surface area contributed by atoms with Crippen molar-refractivity contribution in [3.8, 4) is 0 Å². The van der Waals surface area contributed by atoms with E-state index >= 15 is 0 Å². The molecule has 3 aromatic carbocycles. The number of likely N-dealkylation sites (N-methyl/N-ethyl adjacent to an activating group) is 2. The number of nitrogens with two attached hydrogens (primary N) is 1. The van der Waals surface area contributed by atoms with Crippen LogP contribution in [0.2, 0.25) is 0 Å². The smallest absolute Gasteiger partial charge is 0.251 e. The molecule has 0 radical (unpaired) electrons. The van der Waals surface area contributed by atoms with Gasteiger partial charge in [-0.25, -0.2) is 0 Å². The lowest BCUT2D eigenvalue weighted by Gasteiger charge is -2.36. The predicted molar refractivity (Wildman–Crippen MR) is 294 cm³/mol. The summed E-state index contributed by atoms with van der Waals surface area (Å²) in [7, 11) is 3.37. The Morgan fingerprint density at radius 2 is 1.04 bits per heavy atom. The van der Waals surface area contributed by atoms with Crippen molar-refractivity contribution >= 4 is 71.9 Å². The second-order valence-electron chi connectivity index (χ2n) is 21.3. The quantitative estimate of drug-likeness (QED) is 0.0690. The van der Waals surface area contributed by atoms with Crippen LogP contribution in [0.25, 0.3) is 0 Å². The molecule has 2 saturated heterocycles. The van der Waals surface area contributed by atoms with Crippen LogP contribution < -0.4 is 48.3 Å². The van der Waals surface area contributed by atoms with Gasteiger partial charge in [-0.2, -0.15) is 0 Å². The minimum atomic E-state index is -0.875. The van der Waals surface area contributed by atoms with Crippen LogP contribution in [0.15, 0.2) is 78.9 Å². The fraction of sp³-hybridized carbons (Fsp3) is 0.537. The Bertz CT molecular complexity index is 2370. The van der Waals surface area contributed by atoms with Gasteiger partial charge < -0.3 is 58.1 Å². The van der Waals surface area contributed by atoms with Crippen LogP contribution in [0.5, 0.6) is 0 Å². The number of benzene rings is 3. The first kappa shape index (κ1) is 62.5. The summed E-state index contributed by atoms with van der Waals surface area (Å²) in [6.45, 7) is 16.4. The molecular weight excluding hydrogens is 986 g/mol. The molecule has 408 valence electrons. The molecule has 2 aliphatic heterocycles. The lowest BCUT2D eigenvalue weighted by molar-refractivity contribution is -0.144. The van der Waals surface area contributed by atoms with Crippen molar-refractivity contribution < 1.29 is 33.6 Å². The highest BCUT2D eigenvalue weighted by atomic mass is 35.5. The molecule has 74 heavy (non-hydrogen) atoms. The van der Waals surface area contributed by atoms with Crippen molar-refractivity contribution in [2.24, 2.45) is 10.8 Å². The monoisotopic (exact) mass is 1070 g/mol. The van der Waals surface area contributed by atoms with E-state index in [0.717, 1.165) is 24.0 Å². The summed E-state index contributed by atoms with van der Waals surface area (Å²) in [5.74, 6) is -2.40. The molecule has 2 aliphatic rings. The van der Waals surface area contributed by atoms with Gasteiger partial charge >= 0.3 is 0 Å². The number of nitrogens with zero attached hydrogens (tertiary/aromatic N) is 2. The SMILES string of the molecule is CN[C@@H](C)C(=O)N[C@H](C(=O)N1CCCC1CN[C@H](CNC(=O)c1cc(N)cc(C(=O)NC[C@@H](NC(=O)C2CCCN2C(=O)[C@@H](NC(=O)[C@H](C)NC)C(C)(C)C)c2ccccc2)c1)c1ccccc1)C(C)(C)C.Cl.Cl. The fourth-order valence-corrected chi connectivity index (χ4v) is 9.05. The second kappa shape index (κ2) is 28.2. The van der Waals surface area contributed by atoms with Crippen LogP contribution in [0.3, 0.4) is 0 Å². The zero-order chi connectivity index (χ0) is 52.9. The topological polar surface area (TPSA) is 248 Å². The summed E-state index contributed by atoms with van der Waals surface area (Å²) in [6, 6.07) is 18.7. The number of carbonyl (C=O) groups excluding carboxylic acids is 7. The number of carbonyl (C=O) groups is 7. The van der Waals surface area contributed by atoms with E-state index in [0.29, 0.717) is 32.5 Å². The maximum Gasteiger partial charge on any atom is 0.251 e. The zero-order valence-corrected chi connectivity index (χ0v) is 46.3. The fourth-order valence-electron chi connectivity index (χ4n) is 9.05. The lowest BCUT2D eigenvalue weighted by Crippen LogP contribution is -2.59. The number of nitrogen functional groups attached to an aromatic ring is 1. The van der Waals surface area contributed by atoms with E-state index in [1.54, 1.807) is 32.8 Å². The minimum absolute atomic E-state index is 0. The Hall–Kier alpha value is -5.79. The van der Waals surface area contributed by atoms with Gasteiger partial charge in [0.25, 0.3) is 11.8 Å². The molecule has 0 saturated carbocycles. The van der Waals surface area contributed by atoms with Gasteiger partial charge in [0.1, 0.15) is 18.1 Å². The van der Waals surface area contributed by atoms with Crippen molar-refractivity contribution in [2.75, 3.05) is 52.6 Å². The Balaban J connectivity index is 0.00000722. The molecule has 3 aromatic rings. The van der Waals surface area contributed by atoms with E-state index in [-0.39, 0.29) is 96.3 Å². The van der Waals surface area contributed by atoms with E-state index < -0.39 is 58.9 Å². The van der Waals surface area contributed by atoms with Gasteiger partial charge in [-0.05, 0) is 93.8 Å². The van der Waals surface area contributed by atoms with Gasteiger partial charge in [0, 0.05) is 61.6 Å². The first-order chi connectivity index (χ1) is 34.0. The van der Waals surface area contributed by atoms with Gasteiger partial charge in [-0.3, -0.25) is 33.6 Å². The van der Waals surface area contributed by atoms with Crippen molar-refractivity contribution in [3.05, 3.63) is 101 Å². The van der Waals surface area contributed by atoms with E-state index in [9.17, 15) is 33.6 Å². The third-order valence-corrected chi connectivity index (χ3v) is 13.7. The molecule has 2 unspecified atom stereocenters. The molecule has 8 atom stereocenters. The predicted octanol–water partition coefficient (Wildman–Crippen LogP) is 4.02. The lowest BCUT2D eigenvalue weighted by atomic mass is 9.85. The van der Waals surface area contributed by atoms with Crippen LogP contribution in [-0.4, -0.2) is 134 Å². The molecule has 10 N–H and O–H groups in total. The van der Waals surface area contributed by atoms with Crippen molar-refractivity contribution in [1.29, 1.82) is 0 Å². The minimum Gasteiger partial charge on any atom is -0.399 e. The maximum absolute atomic E-state index is 14.1. The molecule has 0 aliphatic carbocycles. The summed E-state index contributed by atoms with van der Waals surface area (Å²) >= 11 is 0.